The number of esters is 1. The number of rotatable bonds is 6. The van der Waals surface area contributed by atoms with Gasteiger partial charge in [-0.15, -0.1) is 0 Å². The molecule has 4 rings (SSSR count). The summed E-state index contributed by atoms with van der Waals surface area (Å²) < 4.78 is 15.7. The van der Waals surface area contributed by atoms with Crippen molar-refractivity contribution < 1.29 is 23.6 Å². The van der Waals surface area contributed by atoms with Crippen LogP contribution < -0.4 is 10.4 Å². The lowest BCUT2D eigenvalue weighted by molar-refractivity contribution is -0.385. The third-order valence-electron chi connectivity index (χ3n) is 4.84. The van der Waals surface area contributed by atoms with E-state index in [4.69, 9.17) is 13.9 Å². The van der Waals surface area contributed by atoms with Crippen LogP contribution in [-0.4, -0.2) is 17.5 Å². The molecule has 0 bridgehead atoms. The van der Waals surface area contributed by atoms with Crippen LogP contribution in [0.3, 0.4) is 0 Å². The molecule has 8 heteroatoms. The van der Waals surface area contributed by atoms with Gasteiger partial charge in [-0.25, -0.2) is 9.59 Å². The number of nitro benzene ring substituents is 1. The summed E-state index contributed by atoms with van der Waals surface area (Å²) in [7, 11) is 0. The van der Waals surface area contributed by atoms with Crippen molar-refractivity contribution in [3.8, 4) is 5.75 Å². The number of fused-ring (bicyclic) bond motifs is 2. The number of carbonyl (C=O) groups excluding carboxylic acids is 1. The number of carbonyl (C=O) groups is 1. The SMILES string of the molecule is O=C(COc1ccccc1[N+](=O)[O-])OCc1cc(=O)oc2cc3c(cc12)CCC3. The van der Waals surface area contributed by atoms with Gasteiger partial charge in [-0.2, -0.15) is 0 Å². The van der Waals surface area contributed by atoms with Crippen LogP contribution in [0.1, 0.15) is 23.1 Å². The number of aryl methyl sites for hydroxylation is 2. The molecule has 8 nitrogen and oxygen atoms in total. The third-order valence-corrected chi connectivity index (χ3v) is 4.84. The van der Waals surface area contributed by atoms with Gasteiger partial charge in [0.05, 0.1) is 4.92 Å². The van der Waals surface area contributed by atoms with Crippen molar-refractivity contribution in [3.63, 3.8) is 0 Å². The summed E-state index contributed by atoms with van der Waals surface area (Å²) in [5.41, 5.74) is 2.65. The monoisotopic (exact) mass is 395 g/mol. The number of benzene rings is 2. The second-order valence-electron chi connectivity index (χ2n) is 6.74. The Morgan fingerprint density at radius 3 is 2.69 bits per heavy atom. The molecule has 0 saturated heterocycles. The molecule has 0 N–H and O–H groups in total. The van der Waals surface area contributed by atoms with E-state index in [1.54, 1.807) is 6.07 Å². The number of nitro groups is 1. The molecule has 1 aliphatic rings. The number of ether oxygens (including phenoxy) is 2. The Hall–Kier alpha value is -3.68. The molecule has 2 aromatic carbocycles. The maximum absolute atomic E-state index is 12.1. The minimum atomic E-state index is -0.703. The van der Waals surface area contributed by atoms with Crippen LogP contribution in [0.25, 0.3) is 11.0 Å². The Kier molecular flexibility index (Phi) is 4.99. The van der Waals surface area contributed by atoms with Gasteiger partial charge in [-0.3, -0.25) is 10.1 Å². The van der Waals surface area contributed by atoms with Gasteiger partial charge in [-0.05, 0) is 48.6 Å². The summed E-state index contributed by atoms with van der Waals surface area (Å²) in [5, 5.41) is 11.7. The highest BCUT2D eigenvalue weighted by Crippen LogP contribution is 2.29. The zero-order chi connectivity index (χ0) is 20.4. The molecule has 1 aromatic heterocycles. The first-order chi connectivity index (χ1) is 14.0. The molecule has 148 valence electrons. The van der Waals surface area contributed by atoms with E-state index in [-0.39, 0.29) is 18.0 Å². The van der Waals surface area contributed by atoms with Crippen molar-refractivity contribution in [2.24, 2.45) is 0 Å². The van der Waals surface area contributed by atoms with Crippen LogP contribution in [0.15, 0.2) is 51.7 Å². The van der Waals surface area contributed by atoms with Crippen molar-refractivity contribution in [2.75, 3.05) is 6.61 Å². The van der Waals surface area contributed by atoms with E-state index in [0.717, 1.165) is 24.6 Å². The van der Waals surface area contributed by atoms with Gasteiger partial charge in [-0.1, -0.05) is 12.1 Å². The molecular formula is C21H17NO7. The molecule has 29 heavy (non-hydrogen) atoms. The Morgan fingerprint density at radius 1 is 1.14 bits per heavy atom. The van der Waals surface area contributed by atoms with Crippen LogP contribution in [0.5, 0.6) is 5.75 Å². The van der Waals surface area contributed by atoms with Gasteiger partial charge >= 0.3 is 17.3 Å². The van der Waals surface area contributed by atoms with E-state index in [9.17, 15) is 19.7 Å². The van der Waals surface area contributed by atoms with E-state index >= 15 is 0 Å². The topological polar surface area (TPSA) is 109 Å². The summed E-state index contributed by atoms with van der Waals surface area (Å²) in [6, 6.07) is 10.9. The van der Waals surface area contributed by atoms with Crippen LogP contribution in [0.2, 0.25) is 0 Å². The lowest BCUT2D eigenvalue weighted by atomic mass is 10.0. The lowest BCUT2D eigenvalue weighted by Crippen LogP contribution is -2.16. The van der Waals surface area contributed by atoms with Gasteiger partial charge in [0.2, 0.25) is 0 Å². The average molecular weight is 395 g/mol. The summed E-state index contributed by atoms with van der Waals surface area (Å²) in [6.07, 6.45) is 2.98. The molecule has 0 atom stereocenters. The minimum absolute atomic E-state index is 0.0178. The lowest BCUT2D eigenvalue weighted by Gasteiger charge is -2.10. The molecule has 0 aliphatic heterocycles. The first-order valence-corrected chi connectivity index (χ1v) is 9.11. The van der Waals surface area contributed by atoms with Gasteiger partial charge < -0.3 is 13.9 Å². The molecule has 3 aromatic rings. The second-order valence-corrected chi connectivity index (χ2v) is 6.74. The maximum Gasteiger partial charge on any atom is 0.344 e. The van der Waals surface area contributed by atoms with E-state index in [2.05, 4.69) is 0 Å². The molecule has 0 unspecified atom stereocenters. The molecule has 1 aliphatic carbocycles. The van der Waals surface area contributed by atoms with E-state index in [0.29, 0.717) is 11.1 Å². The highest BCUT2D eigenvalue weighted by Gasteiger charge is 2.17. The highest BCUT2D eigenvalue weighted by molar-refractivity contribution is 5.82. The number of para-hydroxylation sites is 2. The van der Waals surface area contributed by atoms with Crippen LogP contribution in [0, 0.1) is 10.1 Å². The van der Waals surface area contributed by atoms with E-state index < -0.39 is 23.1 Å². The predicted molar refractivity (Wildman–Crippen MR) is 103 cm³/mol. The van der Waals surface area contributed by atoms with Gasteiger partial charge in [0.15, 0.2) is 12.4 Å². The number of nitrogens with zero attached hydrogens (tertiary/aromatic N) is 1. The maximum atomic E-state index is 12.1. The fourth-order valence-corrected chi connectivity index (χ4v) is 3.48. The number of hydrogen-bond donors (Lipinski definition) is 0. The van der Waals surface area contributed by atoms with Crippen molar-refractivity contribution in [3.05, 3.63) is 79.7 Å². The molecular weight excluding hydrogens is 378 g/mol. The first-order valence-electron chi connectivity index (χ1n) is 9.11. The van der Waals surface area contributed by atoms with Crippen LogP contribution >= 0.6 is 0 Å². The van der Waals surface area contributed by atoms with Gasteiger partial charge in [0.1, 0.15) is 12.2 Å². The predicted octanol–water partition coefficient (Wildman–Crippen LogP) is 3.31. The molecule has 0 saturated carbocycles. The molecule has 1 heterocycles. The first kappa shape index (κ1) is 18.7. The van der Waals surface area contributed by atoms with Crippen LogP contribution in [-0.2, 0) is 29.0 Å². The van der Waals surface area contributed by atoms with Crippen molar-refractivity contribution in [1.82, 2.24) is 0 Å². The Labute approximate surface area is 164 Å². The fraction of sp³-hybridized carbons (Fsp3) is 0.238. The molecule has 0 amide bonds. The smallest absolute Gasteiger partial charge is 0.344 e. The Bertz CT molecular complexity index is 1170. The average Bonchev–Trinajstić information content (AvgIpc) is 3.16. The Morgan fingerprint density at radius 2 is 1.90 bits per heavy atom. The van der Waals surface area contributed by atoms with Crippen molar-refractivity contribution in [2.45, 2.75) is 25.9 Å². The van der Waals surface area contributed by atoms with E-state index in [1.165, 1.54) is 35.4 Å². The normalized spacial score (nSPS) is 12.6. The Balaban J connectivity index is 1.46. The molecule has 0 spiro atoms. The zero-order valence-corrected chi connectivity index (χ0v) is 15.4. The standard InChI is InChI=1S/C21H17NO7/c23-20-10-15(16-8-13-4-3-5-14(13)9-19(16)29-20)11-28-21(24)12-27-18-7-2-1-6-17(18)22(25)26/h1-2,6-10H,3-5,11-12H2. The van der Waals surface area contributed by atoms with Crippen molar-refractivity contribution in [1.29, 1.82) is 0 Å². The summed E-state index contributed by atoms with van der Waals surface area (Å²) in [6.45, 7) is -0.612. The largest absolute Gasteiger partial charge is 0.475 e. The fourth-order valence-electron chi connectivity index (χ4n) is 3.48. The van der Waals surface area contributed by atoms with Crippen LogP contribution in [0.4, 0.5) is 5.69 Å². The quantitative estimate of drug-likeness (QED) is 0.273. The van der Waals surface area contributed by atoms with E-state index in [1.807, 2.05) is 12.1 Å². The molecule has 0 fully saturated rings. The highest BCUT2D eigenvalue weighted by atomic mass is 16.6. The zero-order valence-electron chi connectivity index (χ0n) is 15.4. The second kappa shape index (κ2) is 7.75. The summed E-state index contributed by atoms with van der Waals surface area (Å²) in [4.78, 5) is 34.3. The summed E-state index contributed by atoms with van der Waals surface area (Å²) in [5.74, 6) is -0.721. The minimum Gasteiger partial charge on any atom is -0.475 e. The number of hydrogen-bond acceptors (Lipinski definition) is 7. The van der Waals surface area contributed by atoms with Crippen molar-refractivity contribution >= 4 is 22.6 Å². The summed E-state index contributed by atoms with van der Waals surface area (Å²) >= 11 is 0. The van der Waals surface area contributed by atoms with Gasteiger partial charge in [0.25, 0.3) is 0 Å². The van der Waals surface area contributed by atoms with Gasteiger partial charge in [0, 0.05) is 23.1 Å². The third kappa shape index (κ3) is 3.96. The molecule has 0 radical (unpaired) electrons.